The third-order valence-corrected chi connectivity index (χ3v) is 3.48. The Morgan fingerprint density at radius 1 is 1.32 bits per heavy atom. The van der Waals surface area contributed by atoms with E-state index in [0.717, 1.165) is 0 Å². The Bertz CT molecular complexity index is 670. The Labute approximate surface area is 133 Å². The minimum absolute atomic E-state index is 0.0173. The standard InChI is InChI=1S/C15H16N2O4S/c1-4-21-12-8-9(5-6-11(12)20-3)7-10-13(18)16-15(22)17(2)14(10)19/h5-8H,4H2,1-3H3,(H,16,18,22). The molecule has 2 amide bonds. The summed E-state index contributed by atoms with van der Waals surface area (Å²) in [7, 11) is 3.06. The summed E-state index contributed by atoms with van der Waals surface area (Å²) in [6.07, 6.45) is 1.50. The van der Waals surface area contributed by atoms with E-state index in [-0.39, 0.29) is 10.7 Å². The van der Waals surface area contributed by atoms with E-state index in [1.54, 1.807) is 25.3 Å². The Hall–Kier alpha value is -2.41. The van der Waals surface area contributed by atoms with Crippen LogP contribution >= 0.6 is 12.2 Å². The molecule has 1 aromatic rings. The van der Waals surface area contributed by atoms with Gasteiger partial charge in [0.05, 0.1) is 13.7 Å². The third kappa shape index (κ3) is 3.09. The van der Waals surface area contributed by atoms with Gasteiger partial charge in [0.15, 0.2) is 16.6 Å². The van der Waals surface area contributed by atoms with E-state index < -0.39 is 11.8 Å². The van der Waals surface area contributed by atoms with Gasteiger partial charge in [-0.3, -0.25) is 19.8 Å². The first-order valence-electron chi connectivity index (χ1n) is 6.63. The van der Waals surface area contributed by atoms with E-state index in [4.69, 9.17) is 21.7 Å². The molecule has 0 saturated carbocycles. The lowest BCUT2D eigenvalue weighted by atomic mass is 10.1. The second-order valence-corrected chi connectivity index (χ2v) is 4.91. The largest absolute Gasteiger partial charge is 0.493 e. The fourth-order valence-electron chi connectivity index (χ4n) is 1.96. The average molecular weight is 320 g/mol. The fourth-order valence-corrected chi connectivity index (χ4v) is 2.14. The van der Waals surface area contributed by atoms with Crippen molar-refractivity contribution < 1.29 is 19.1 Å². The number of rotatable bonds is 4. The van der Waals surface area contributed by atoms with E-state index in [9.17, 15) is 9.59 Å². The van der Waals surface area contributed by atoms with E-state index in [0.29, 0.717) is 23.7 Å². The molecule has 0 unspecified atom stereocenters. The smallest absolute Gasteiger partial charge is 0.265 e. The number of likely N-dealkylation sites (N-methyl/N-ethyl adjacent to an activating group) is 1. The molecule has 1 heterocycles. The number of carbonyl (C=O) groups excluding carboxylic acids is 2. The van der Waals surface area contributed by atoms with Crippen LogP contribution in [-0.4, -0.2) is 42.6 Å². The first-order valence-corrected chi connectivity index (χ1v) is 7.04. The van der Waals surface area contributed by atoms with Crippen LogP contribution in [0.4, 0.5) is 0 Å². The second kappa shape index (κ2) is 6.57. The lowest BCUT2D eigenvalue weighted by molar-refractivity contribution is -0.128. The van der Waals surface area contributed by atoms with Crippen molar-refractivity contribution >= 4 is 35.2 Å². The van der Waals surface area contributed by atoms with Crippen LogP contribution in [0.25, 0.3) is 6.08 Å². The van der Waals surface area contributed by atoms with Gasteiger partial charge in [0, 0.05) is 7.05 Å². The average Bonchev–Trinajstić information content (AvgIpc) is 2.50. The van der Waals surface area contributed by atoms with Gasteiger partial charge < -0.3 is 9.47 Å². The van der Waals surface area contributed by atoms with Gasteiger partial charge in [-0.2, -0.15) is 0 Å². The molecule has 0 aromatic heterocycles. The highest BCUT2D eigenvalue weighted by molar-refractivity contribution is 7.80. The molecule has 0 aliphatic carbocycles. The molecule has 6 nitrogen and oxygen atoms in total. The van der Waals surface area contributed by atoms with Gasteiger partial charge in [0.1, 0.15) is 5.57 Å². The van der Waals surface area contributed by atoms with E-state index >= 15 is 0 Å². The molecule has 1 saturated heterocycles. The second-order valence-electron chi connectivity index (χ2n) is 4.52. The summed E-state index contributed by atoms with van der Waals surface area (Å²) >= 11 is 4.90. The number of amides is 2. The number of thiocarbonyl (C=S) groups is 1. The highest BCUT2D eigenvalue weighted by atomic mass is 32.1. The van der Waals surface area contributed by atoms with Crippen molar-refractivity contribution in [1.29, 1.82) is 0 Å². The SMILES string of the molecule is CCOc1cc(C=C2C(=O)NC(=S)N(C)C2=O)ccc1OC. The van der Waals surface area contributed by atoms with Crippen LogP contribution in [0.1, 0.15) is 12.5 Å². The minimum atomic E-state index is -0.512. The summed E-state index contributed by atoms with van der Waals surface area (Å²) in [5.74, 6) is 0.179. The molecule has 1 fully saturated rings. The maximum absolute atomic E-state index is 12.1. The number of methoxy groups -OCH3 is 1. The van der Waals surface area contributed by atoms with Crippen molar-refractivity contribution in [1.82, 2.24) is 10.2 Å². The molecule has 116 valence electrons. The molecule has 7 heteroatoms. The zero-order valence-corrected chi connectivity index (χ0v) is 13.3. The van der Waals surface area contributed by atoms with Gasteiger partial charge in [0.2, 0.25) is 0 Å². The van der Waals surface area contributed by atoms with Gasteiger partial charge in [-0.15, -0.1) is 0 Å². The first kappa shape index (κ1) is 16.0. The van der Waals surface area contributed by atoms with Crippen molar-refractivity contribution in [2.75, 3.05) is 20.8 Å². The number of nitrogens with one attached hydrogen (secondary N) is 1. The number of ether oxygens (including phenoxy) is 2. The third-order valence-electron chi connectivity index (χ3n) is 3.10. The van der Waals surface area contributed by atoms with Crippen molar-refractivity contribution in [3.05, 3.63) is 29.3 Å². The Morgan fingerprint density at radius 3 is 2.68 bits per heavy atom. The zero-order chi connectivity index (χ0) is 16.3. The summed E-state index contributed by atoms with van der Waals surface area (Å²) in [5, 5.41) is 2.56. The van der Waals surface area contributed by atoms with Crippen LogP contribution in [0.15, 0.2) is 23.8 Å². The highest BCUT2D eigenvalue weighted by Crippen LogP contribution is 2.29. The first-order chi connectivity index (χ1) is 10.5. The zero-order valence-electron chi connectivity index (χ0n) is 12.5. The van der Waals surface area contributed by atoms with Gasteiger partial charge in [-0.25, -0.2) is 0 Å². The van der Waals surface area contributed by atoms with Crippen molar-refractivity contribution in [2.24, 2.45) is 0 Å². The quantitative estimate of drug-likeness (QED) is 0.515. The highest BCUT2D eigenvalue weighted by Gasteiger charge is 2.30. The molecule has 1 aromatic carbocycles. The topological polar surface area (TPSA) is 67.9 Å². The minimum Gasteiger partial charge on any atom is -0.493 e. The van der Waals surface area contributed by atoms with Gasteiger partial charge in [-0.05, 0) is 42.9 Å². The van der Waals surface area contributed by atoms with Crippen LogP contribution in [0.2, 0.25) is 0 Å². The predicted molar refractivity (Wildman–Crippen MR) is 85.7 cm³/mol. The molecular weight excluding hydrogens is 304 g/mol. The maximum atomic E-state index is 12.1. The number of carbonyl (C=O) groups is 2. The maximum Gasteiger partial charge on any atom is 0.265 e. The van der Waals surface area contributed by atoms with E-state index in [2.05, 4.69) is 5.32 Å². The number of hydrogen-bond donors (Lipinski definition) is 1. The van der Waals surface area contributed by atoms with Gasteiger partial charge >= 0.3 is 0 Å². The molecule has 1 aliphatic rings. The summed E-state index contributed by atoms with van der Waals surface area (Å²) in [6, 6.07) is 5.17. The molecule has 0 spiro atoms. The van der Waals surface area contributed by atoms with Crippen LogP contribution in [0, 0.1) is 0 Å². The molecule has 0 atom stereocenters. The Morgan fingerprint density at radius 2 is 2.05 bits per heavy atom. The van der Waals surface area contributed by atoms with Crippen LogP contribution in [0.5, 0.6) is 11.5 Å². The van der Waals surface area contributed by atoms with E-state index in [1.807, 2.05) is 6.92 Å². The van der Waals surface area contributed by atoms with Gasteiger partial charge in [-0.1, -0.05) is 6.07 Å². The van der Waals surface area contributed by atoms with Gasteiger partial charge in [0.25, 0.3) is 11.8 Å². The number of hydrogen-bond acceptors (Lipinski definition) is 5. The fraction of sp³-hybridized carbons (Fsp3) is 0.267. The molecule has 0 bridgehead atoms. The van der Waals surface area contributed by atoms with Crippen LogP contribution in [-0.2, 0) is 9.59 Å². The molecule has 1 N–H and O–H groups in total. The van der Waals surface area contributed by atoms with Crippen molar-refractivity contribution in [3.63, 3.8) is 0 Å². The molecule has 0 radical (unpaired) electrons. The molecule has 2 rings (SSSR count). The van der Waals surface area contributed by atoms with Crippen molar-refractivity contribution in [2.45, 2.75) is 6.92 Å². The Kier molecular flexibility index (Phi) is 4.77. The lowest BCUT2D eigenvalue weighted by Gasteiger charge is -2.25. The van der Waals surface area contributed by atoms with Crippen LogP contribution < -0.4 is 14.8 Å². The van der Waals surface area contributed by atoms with Crippen molar-refractivity contribution in [3.8, 4) is 11.5 Å². The Balaban J connectivity index is 2.39. The molecule has 22 heavy (non-hydrogen) atoms. The summed E-state index contributed by atoms with van der Waals surface area (Å²) in [6.45, 7) is 2.34. The number of benzene rings is 1. The number of nitrogens with zero attached hydrogens (tertiary/aromatic N) is 1. The monoisotopic (exact) mass is 320 g/mol. The molecular formula is C15H16N2O4S. The molecule has 1 aliphatic heterocycles. The van der Waals surface area contributed by atoms with Crippen LogP contribution in [0.3, 0.4) is 0 Å². The lowest BCUT2D eigenvalue weighted by Crippen LogP contribution is -2.52. The normalized spacial score (nSPS) is 16.8. The predicted octanol–water partition coefficient (Wildman–Crippen LogP) is 1.35. The van der Waals surface area contributed by atoms with E-state index in [1.165, 1.54) is 18.0 Å². The summed E-state index contributed by atoms with van der Waals surface area (Å²) < 4.78 is 10.7. The summed E-state index contributed by atoms with van der Waals surface area (Å²) in [5.41, 5.74) is 0.674. The summed E-state index contributed by atoms with van der Waals surface area (Å²) in [4.78, 5) is 25.3.